The number of nitrogens with one attached hydrogen (secondary N) is 1. The third-order valence-electron chi connectivity index (χ3n) is 5.83. The van der Waals surface area contributed by atoms with Crippen LogP contribution in [0.3, 0.4) is 0 Å². The van der Waals surface area contributed by atoms with Crippen LogP contribution in [0.15, 0.2) is 71.2 Å². The first-order valence-corrected chi connectivity index (χ1v) is 12.5. The number of halogens is 1. The Morgan fingerprint density at radius 2 is 1.88 bits per heavy atom. The van der Waals surface area contributed by atoms with Gasteiger partial charge in [-0.1, -0.05) is 46.3 Å². The number of ether oxygens (including phenoxy) is 1. The SMILES string of the molecule is Cc1ccc(C)c(OCCCCn2c(CCNC(=O)c3cccc(Br)c3)nc3ccccc32)c1. The Morgan fingerprint density at radius 1 is 1.03 bits per heavy atom. The normalized spacial score (nSPS) is 11.0. The summed E-state index contributed by atoms with van der Waals surface area (Å²) < 4.78 is 9.19. The fourth-order valence-electron chi connectivity index (χ4n) is 4.00. The zero-order valence-corrected chi connectivity index (χ0v) is 21.3. The molecule has 0 aliphatic carbocycles. The summed E-state index contributed by atoms with van der Waals surface area (Å²) in [4.78, 5) is 17.3. The number of para-hydroxylation sites is 2. The number of hydrogen-bond donors (Lipinski definition) is 1. The van der Waals surface area contributed by atoms with Crippen molar-refractivity contribution in [3.05, 3.63) is 93.7 Å². The molecule has 1 aromatic heterocycles. The van der Waals surface area contributed by atoms with Gasteiger partial charge in [0.1, 0.15) is 11.6 Å². The zero-order valence-electron chi connectivity index (χ0n) is 19.7. The minimum Gasteiger partial charge on any atom is -0.493 e. The Hall–Kier alpha value is -3.12. The molecule has 0 spiro atoms. The molecule has 0 atom stereocenters. The summed E-state index contributed by atoms with van der Waals surface area (Å²) >= 11 is 3.42. The third kappa shape index (κ3) is 6.06. The lowest BCUT2D eigenvalue weighted by Crippen LogP contribution is -2.26. The predicted octanol–water partition coefficient (Wildman–Crippen LogP) is 6.25. The number of aromatic nitrogens is 2. The van der Waals surface area contributed by atoms with Crippen LogP contribution in [0.2, 0.25) is 0 Å². The number of imidazole rings is 1. The molecular formula is C28H30BrN3O2. The molecule has 5 nitrogen and oxygen atoms in total. The molecule has 34 heavy (non-hydrogen) atoms. The Labute approximate surface area is 209 Å². The molecule has 0 radical (unpaired) electrons. The smallest absolute Gasteiger partial charge is 0.251 e. The van der Waals surface area contributed by atoms with E-state index in [1.165, 1.54) is 11.1 Å². The lowest BCUT2D eigenvalue weighted by atomic mass is 10.1. The van der Waals surface area contributed by atoms with Crippen LogP contribution in [-0.2, 0) is 13.0 Å². The summed E-state index contributed by atoms with van der Waals surface area (Å²) in [6, 6.07) is 21.9. The molecule has 176 valence electrons. The summed E-state index contributed by atoms with van der Waals surface area (Å²) in [6.07, 6.45) is 2.62. The van der Waals surface area contributed by atoms with Crippen LogP contribution in [0, 0.1) is 13.8 Å². The maximum atomic E-state index is 12.5. The lowest BCUT2D eigenvalue weighted by molar-refractivity contribution is 0.0954. The van der Waals surface area contributed by atoms with Crippen molar-refractivity contribution in [1.29, 1.82) is 0 Å². The monoisotopic (exact) mass is 519 g/mol. The summed E-state index contributed by atoms with van der Waals surface area (Å²) in [5.41, 5.74) is 5.14. The van der Waals surface area contributed by atoms with E-state index in [2.05, 4.69) is 63.9 Å². The van der Waals surface area contributed by atoms with Gasteiger partial charge in [-0.2, -0.15) is 0 Å². The van der Waals surface area contributed by atoms with Crippen LogP contribution >= 0.6 is 15.9 Å². The van der Waals surface area contributed by atoms with Crippen LogP contribution < -0.4 is 10.1 Å². The highest BCUT2D eigenvalue weighted by Gasteiger charge is 2.12. The van der Waals surface area contributed by atoms with Crippen LogP contribution in [-0.4, -0.2) is 28.6 Å². The molecule has 0 saturated carbocycles. The van der Waals surface area contributed by atoms with Crippen LogP contribution in [0.4, 0.5) is 0 Å². The first-order chi connectivity index (χ1) is 16.5. The van der Waals surface area contributed by atoms with Gasteiger partial charge in [-0.3, -0.25) is 4.79 Å². The van der Waals surface area contributed by atoms with E-state index in [0.717, 1.165) is 46.5 Å². The molecule has 0 saturated heterocycles. The van der Waals surface area contributed by atoms with Gasteiger partial charge in [-0.05, 0) is 74.2 Å². The molecule has 6 heteroatoms. The van der Waals surface area contributed by atoms with E-state index in [-0.39, 0.29) is 5.91 Å². The number of aryl methyl sites for hydroxylation is 3. The molecular weight excluding hydrogens is 490 g/mol. The highest BCUT2D eigenvalue weighted by atomic mass is 79.9. The largest absolute Gasteiger partial charge is 0.493 e. The van der Waals surface area contributed by atoms with E-state index in [1.54, 1.807) is 0 Å². The molecule has 0 bridgehead atoms. The maximum Gasteiger partial charge on any atom is 0.251 e. The second kappa shape index (κ2) is 11.3. The van der Waals surface area contributed by atoms with Crippen molar-refractivity contribution in [2.75, 3.05) is 13.2 Å². The minimum atomic E-state index is -0.0763. The molecule has 0 fully saturated rings. The molecule has 4 aromatic rings. The number of rotatable bonds is 10. The Bertz CT molecular complexity index is 1280. The summed E-state index contributed by atoms with van der Waals surface area (Å²) in [5, 5.41) is 3.02. The number of carbonyl (C=O) groups is 1. The lowest BCUT2D eigenvalue weighted by Gasteiger charge is -2.12. The van der Waals surface area contributed by atoms with Crippen LogP contribution in [0.25, 0.3) is 11.0 Å². The first-order valence-electron chi connectivity index (χ1n) is 11.7. The van der Waals surface area contributed by atoms with Crippen molar-refractivity contribution in [1.82, 2.24) is 14.9 Å². The van der Waals surface area contributed by atoms with Crippen molar-refractivity contribution >= 4 is 32.9 Å². The Morgan fingerprint density at radius 3 is 2.74 bits per heavy atom. The van der Waals surface area contributed by atoms with Crippen LogP contribution in [0.1, 0.15) is 40.2 Å². The number of amides is 1. The van der Waals surface area contributed by atoms with Crippen molar-refractivity contribution in [2.24, 2.45) is 0 Å². The van der Waals surface area contributed by atoms with Crippen LogP contribution in [0.5, 0.6) is 5.75 Å². The molecule has 0 unspecified atom stereocenters. The summed E-state index contributed by atoms with van der Waals surface area (Å²) in [6.45, 7) is 6.25. The third-order valence-corrected chi connectivity index (χ3v) is 6.33. The second-order valence-corrected chi connectivity index (χ2v) is 9.42. The standard InChI is InChI=1S/C28H30BrN3O2/c1-20-12-13-21(2)26(18-20)34-17-6-5-16-32-25-11-4-3-10-24(25)31-27(32)14-15-30-28(33)22-8-7-9-23(29)19-22/h3-4,7-13,18-19H,5-6,14-17H2,1-2H3,(H,30,33). The van der Waals surface area contributed by atoms with Gasteiger partial charge in [-0.15, -0.1) is 0 Å². The number of benzene rings is 3. The molecule has 1 amide bonds. The van der Waals surface area contributed by atoms with Crippen molar-refractivity contribution < 1.29 is 9.53 Å². The van der Waals surface area contributed by atoms with Gasteiger partial charge < -0.3 is 14.6 Å². The Balaban J connectivity index is 1.34. The zero-order chi connectivity index (χ0) is 23.9. The topological polar surface area (TPSA) is 56.1 Å². The fourth-order valence-corrected chi connectivity index (χ4v) is 4.40. The highest BCUT2D eigenvalue weighted by Crippen LogP contribution is 2.20. The van der Waals surface area contributed by atoms with Gasteiger partial charge in [0.2, 0.25) is 0 Å². The van der Waals surface area contributed by atoms with E-state index in [4.69, 9.17) is 9.72 Å². The number of unbranched alkanes of at least 4 members (excludes halogenated alkanes) is 1. The van der Waals surface area contributed by atoms with Crippen molar-refractivity contribution in [2.45, 2.75) is 39.7 Å². The quantitative estimate of drug-likeness (QED) is 0.252. The number of hydrogen-bond acceptors (Lipinski definition) is 3. The van der Waals surface area contributed by atoms with Gasteiger partial charge in [0.05, 0.1) is 17.6 Å². The average molecular weight is 520 g/mol. The van der Waals surface area contributed by atoms with Gasteiger partial charge in [0.25, 0.3) is 5.91 Å². The number of nitrogens with zero attached hydrogens (tertiary/aromatic N) is 2. The summed E-state index contributed by atoms with van der Waals surface area (Å²) in [7, 11) is 0. The van der Waals surface area contributed by atoms with Gasteiger partial charge in [0, 0.05) is 29.5 Å². The maximum absolute atomic E-state index is 12.5. The number of carbonyl (C=O) groups excluding carboxylic acids is 1. The molecule has 3 aromatic carbocycles. The first kappa shape index (κ1) is 24.0. The second-order valence-electron chi connectivity index (χ2n) is 8.51. The predicted molar refractivity (Wildman–Crippen MR) is 141 cm³/mol. The number of fused-ring (bicyclic) bond motifs is 1. The fraction of sp³-hybridized carbons (Fsp3) is 0.286. The molecule has 1 heterocycles. The summed E-state index contributed by atoms with van der Waals surface area (Å²) in [5.74, 6) is 1.88. The minimum absolute atomic E-state index is 0.0763. The van der Waals surface area contributed by atoms with Gasteiger partial charge >= 0.3 is 0 Å². The average Bonchev–Trinajstić information content (AvgIpc) is 3.18. The van der Waals surface area contributed by atoms with Gasteiger partial charge in [0.15, 0.2) is 0 Å². The van der Waals surface area contributed by atoms with Crippen molar-refractivity contribution in [3.8, 4) is 5.75 Å². The molecule has 0 aliphatic heterocycles. The molecule has 1 N–H and O–H groups in total. The van der Waals surface area contributed by atoms with E-state index >= 15 is 0 Å². The van der Waals surface area contributed by atoms with Crippen molar-refractivity contribution in [3.63, 3.8) is 0 Å². The highest BCUT2D eigenvalue weighted by molar-refractivity contribution is 9.10. The van der Waals surface area contributed by atoms with Gasteiger partial charge in [-0.25, -0.2) is 4.98 Å². The van der Waals surface area contributed by atoms with E-state index in [1.807, 2.05) is 42.5 Å². The Kier molecular flexibility index (Phi) is 8.01. The van der Waals surface area contributed by atoms with E-state index in [0.29, 0.717) is 25.1 Å². The molecule has 4 rings (SSSR count). The van der Waals surface area contributed by atoms with E-state index < -0.39 is 0 Å². The van der Waals surface area contributed by atoms with E-state index in [9.17, 15) is 4.79 Å². The molecule has 0 aliphatic rings.